The van der Waals surface area contributed by atoms with E-state index < -0.39 is 30.9 Å². The minimum atomic E-state index is -0.824. The molecule has 0 atom stereocenters. The van der Waals surface area contributed by atoms with Crippen molar-refractivity contribution in [2.24, 2.45) is 0 Å². The summed E-state index contributed by atoms with van der Waals surface area (Å²) in [6.07, 6.45) is 0. The van der Waals surface area contributed by atoms with Crippen molar-refractivity contribution in [1.29, 1.82) is 0 Å². The van der Waals surface area contributed by atoms with Crippen molar-refractivity contribution in [1.82, 2.24) is 9.47 Å². The maximum Gasteiger partial charge on any atom is 0.326 e. The van der Waals surface area contributed by atoms with Crippen molar-refractivity contribution in [3.63, 3.8) is 0 Å². The fourth-order valence-electron chi connectivity index (χ4n) is 3.81. The Morgan fingerprint density at radius 3 is 2.12 bits per heavy atom. The van der Waals surface area contributed by atoms with Crippen LogP contribution in [0.15, 0.2) is 59.1 Å². The van der Waals surface area contributed by atoms with Gasteiger partial charge in [0.25, 0.3) is 11.8 Å². The molecule has 0 aliphatic carbocycles. The summed E-state index contributed by atoms with van der Waals surface area (Å²) < 4.78 is 7.98. The molecule has 32 heavy (non-hydrogen) atoms. The maximum atomic E-state index is 12.7. The molecule has 2 aromatic carbocycles. The zero-order valence-corrected chi connectivity index (χ0v) is 19.0. The van der Waals surface area contributed by atoms with Gasteiger partial charge in [-0.05, 0) is 56.3 Å². The number of aryl methyl sites for hydroxylation is 1. The van der Waals surface area contributed by atoms with Gasteiger partial charge in [0, 0.05) is 27.1 Å². The van der Waals surface area contributed by atoms with Crippen LogP contribution < -0.4 is 0 Å². The van der Waals surface area contributed by atoms with E-state index in [9.17, 15) is 19.2 Å². The summed E-state index contributed by atoms with van der Waals surface area (Å²) in [4.78, 5) is 50.5. The molecule has 4 rings (SSSR count). The Hall–Kier alpha value is -3.52. The van der Waals surface area contributed by atoms with Gasteiger partial charge in [0.15, 0.2) is 6.61 Å². The molecule has 0 fully saturated rings. The lowest BCUT2D eigenvalue weighted by Crippen LogP contribution is -2.36. The fraction of sp³-hybridized carbons (Fsp3) is 0.167. The second kappa shape index (κ2) is 8.55. The Balaban J connectivity index is 1.42. The largest absolute Gasteiger partial charge is 0.456 e. The molecule has 0 N–H and O–H groups in total. The van der Waals surface area contributed by atoms with Crippen molar-refractivity contribution >= 4 is 39.5 Å². The van der Waals surface area contributed by atoms with Gasteiger partial charge in [0.05, 0.1) is 11.1 Å². The highest BCUT2D eigenvalue weighted by Crippen LogP contribution is 2.24. The summed E-state index contributed by atoms with van der Waals surface area (Å²) in [5.74, 6) is -2.29. The van der Waals surface area contributed by atoms with Gasteiger partial charge in [-0.2, -0.15) is 0 Å². The van der Waals surface area contributed by atoms with Crippen LogP contribution >= 0.6 is 15.9 Å². The number of carbonyl (C=O) groups is 4. The van der Waals surface area contributed by atoms with E-state index in [0.717, 1.165) is 26.4 Å². The fourth-order valence-corrected chi connectivity index (χ4v) is 4.08. The van der Waals surface area contributed by atoms with Gasteiger partial charge in [-0.15, -0.1) is 0 Å². The average Bonchev–Trinajstić information content (AvgIpc) is 3.21. The summed E-state index contributed by atoms with van der Waals surface area (Å²) in [5.41, 5.74) is 3.45. The Morgan fingerprint density at radius 1 is 0.938 bits per heavy atom. The Kier molecular flexibility index (Phi) is 5.80. The minimum Gasteiger partial charge on any atom is -0.456 e. The summed E-state index contributed by atoms with van der Waals surface area (Å²) >= 11 is 3.41. The van der Waals surface area contributed by atoms with Crippen molar-refractivity contribution in [3.05, 3.63) is 87.1 Å². The number of hydrogen-bond acceptors (Lipinski definition) is 5. The molecule has 8 heteroatoms. The lowest BCUT2D eigenvalue weighted by Gasteiger charge is -2.13. The van der Waals surface area contributed by atoms with E-state index in [2.05, 4.69) is 15.9 Å². The second-order valence-electron chi connectivity index (χ2n) is 7.42. The summed E-state index contributed by atoms with van der Waals surface area (Å²) in [6, 6.07) is 15.8. The molecular formula is C24H19BrN2O5. The number of ether oxygens (including phenoxy) is 1. The van der Waals surface area contributed by atoms with Crippen LogP contribution in [-0.2, 0) is 9.53 Å². The first-order valence-corrected chi connectivity index (χ1v) is 10.7. The minimum absolute atomic E-state index is 0.252. The molecule has 3 aromatic rings. The number of rotatable bonds is 6. The Labute approximate surface area is 192 Å². The topological polar surface area (TPSA) is 85.7 Å². The number of nitrogens with zero attached hydrogens (tertiary/aromatic N) is 2. The molecule has 0 radical (unpaired) electrons. The van der Waals surface area contributed by atoms with Crippen LogP contribution in [0.25, 0.3) is 5.69 Å². The first kappa shape index (κ1) is 21.7. The van der Waals surface area contributed by atoms with Gasteiger partial charge in [-0.1, -0.05) is 28.1 Å². The normalized spacial score (nSPS) is 12.8. The molecule has 0 saturated carbocycles. The third kappa shape index (κ3) is 3.89. The Morgan fingerprint density at radius 2 is 1.53 bits per heavy atom. The molecule has 2 heterocycles. The smallest absolute Gasteiger partial charge is 0.326 e. The van der Waals surface area contributed by atoms with Crippen LogP contribution in [0.4, 0.5) is 0 Å². The molecule has 0 unspecified atom stereocenters. The molecule has 1 aliphatic rings. The zero-order chi connectivity index (χ0) is 23.0. The van der Waals surface area contributed by atoms with E-state index in [0.29, 0.717) is 5.56 Å². The standard InChI is InChI=1S/C24H19BrN2O5/c1-14-11-20(15(2)27(14)17-9-7-16(25)8-10-17)21(28)13-32-22(29)12-26-23(30)18-5-3-4-6-19(18)24(26)31/h3-11H,12-13H2,1-2H3. The first-order chi connectivity index (χ1) is 15.3. The van der Waals surface area contributed by atoms with E-state index in [4.69, 9.17) is 4.74 Å². The monoisotopic (exact) mass is 494 g/mol. The number of hydrogen-bond donors (Lipinski definition) is 0. The quantitative estimate of drug-likeness (QED) is 0.295. The van der Waals surface area contributed by atoms with Crippen molar-refractivity contribution in [2.75, 3.05) is 13.2 Å². The van der Waals surface area contributed by atoms with Gasteiger partial charge in [-0.3, -0.25) is 24.1 Å². The number of esters is 1. The van der Waals surface area contributed by atoms with E-state index in [-0.39, 0.29) is 16.9 Å². The number of amides is 2. The van der Waals surface area contributed by atoms with Gasteiger partial charge < -0.3 is 9.30 Å². The lowest BCUT2D eigenvalue weighted by molar-refractivity contribution is -0.142. The number of ketones is 1. The predicted molar refractivity (Wildman–Crippen MR) is 120 cm³/mol. The van der Waals surface area contributed by atoms with Gasteiger partial charge in [0.2, 0.25) is 5.78 Å². The molecule has 0 spiro atoms. The van der Waals surface area contributed by atoms with E-state index in [1.807, 2.05) is 42.7 Å². The summed E-state index contributed by atoms with van der Waals surface area (Å²) in [5, 5.41) is 0. The summed E-state index contributed by atoms with van der Waals surface area (Å²) in [6.45, 7) is 2.69. The number of Topliss-reactive ketones (excluding diaryl/α,β-unsaturated/α-hetero) is 1. The molecule has 1 aliphatic heterocycles. The average molecular weight is 495 g/mol. The van der Waals surface area contributed by atoms with Crippen LogP contribution in [0, 0.1) is 13.8 Å². The predicted octanol–water partition coefficient (Wildman–Crippen LogP) is 3.88. The number of fused-ring (bicyclic) bond motifs is 1. The highest BCUT2D eigenvalue weighted by atomic mass is 79.9. The van der Waals surface area contributed by atoms with Crippen LogP contribution in [-0.4, -0.2) is 46.2 Å². The first-order valence-electron chi connectivity index (χ1n) is 9.87. The molecule has 7 nitrogen and oxygen atoms in total. The van der Waals surface area contributed by atoms with Crippen molar-refractivity contribution in [3.8, 4) is 5.69 Å². The number of halogens is 1. The third-order valence-corrected chi connectivity index (χ3v) is 5.87. The number of carbonyl (C=O) groups excluding carboxylic acids is 4. The number of aromatic nitrogens is 1. The molecular weight excluding hydrogens is 476 g/mol. The SMILES string of the molecule is Cc1cc(C(=O)COC(=O)CN2C(=O)c3ccccc3C2=O)c(C)n1-c1ccc(Br)cc1. The van der Waals surface area contributed by atoms with Gasteiger partial charge in [-0.25, -0.2) is 0 Å². The van der Waals surface area contributed by atoms with E-state index in [1.165, 1.54) is 12.1 Å². The van der Waals surface area contributed by atoms with Crippen LogP contribution in [0.5, 0.6) is 0 Å². The van der Waals surface area contributed by atoms with Gasteiger partial charge in [0.1, 0.15) is 6.54 Å². The number of imide groups is 1. The molecule has 0 bridgehead atoms. The maximum absolute atomic E-state index is 12.7. The van der Waals surface area contributed by atoms with Crippen LogP contribution in [0.2, 0.25) is 0 Å². The molecule has 2 amide bonds. The van der Waals surface area contributed by atoms with Gasteiger partial charge >= 0.3 is 5.97 Å². The Bertz CT molecular complexity index is 1220. The van der Waals surface area contributed by atoms with E-state index >= 15 is 0 Å². The third-order valence-electron chi connectivity index (χ3n) is 5.35. The van der Waals surface area contributed by atoms with Crippen LogP contribution in [0.3, 0.4) is 0 Å². The lowest BCUT2D eigenvalue weighted by atomic mass is 10.1. The molecule has 0 saturated heterocycles. The number of benzene rings is 2. The van der Waals surface area contributed by atoms with Crippen molar-refractivity contribution in [2.45, 2.75) is 13.8 Å². The zero-order valence-electron chi connectivity index (χ0n) is 17.4. The van der Waals surface area contributed by atoms with Crippen molar-refractivity contribution < 1.29 is 23.9 Å². The molecule has 162 valence electrons. The van der Waals surface area contributed by atoms with Crippen LogP contribution in [0.1, 0.15) is 42.5 Å². The molecule has 1 aromatic heterocycles. The second-order valence-corrected chi connectivity index (χ2v) is 8.34. The highest BCUT2D eigenvalue weighted by Gasteiger charge is 2.36. The highest BCUT2D eigenvalue weighted by molar-refractivity contribution is 9.10. The van der Waals surface area contributed by atoms with E-state index in [1.54, 1.807) is 18.2 Å². The summed E-state index contributed by atoms with van der Waals surface area (Å²) in [7, 11) is 0.